The van der Waals surface area contributed by atoms with Crippen LogP contribution in [-0.2, 0) is 4.79 Å². The molecule has 7 nitrogen and oxygen atoms in total. The maximum absolute atomic E-state index is 14.0. The van der Waals surface area contributed by atoms with Crippen LogP contribution in [0.5, 0.6) is 0 Å². The van der Waals surface area contributed by atoms with E-state index in [0.29, 0.717) is 9.15 Å². The van der Waals surface area contributed by atoms with Gasteiger partial charge in [0, 0.05) is 27.1 Å². The Bertz CT molecular complexity index is 1770. The fraction of sp³-hybridized carbons (Fsp3) is 0.185. The Labute approximate surface area is 249 Å². The van der Waals surface area contributed by atoms with E-state index in [1.807, 2.05) is 0 Å². The van der Waals surface area contributed by atoms with Gasteiger partial charge < -0.3 is 9.88 Å². The van der Waals surface area contributed by atoms with Crippen molar-refractivity contribution in [2.45, 2.75) is 32.4 Å². The van der Waals surface area contributed by atoms with Gasteiger partial charge in [-0.3, -0.25) is 14.4 Å². The van der Waals surface area contributed by atoms with Crippen LogP contribution in [-0.4, -0.2) is 50.4 Å². The highest BCUT2D eigenvalue weighted by atomic mass is 79.9. The summed E-state index contributed by atoms with van der Waals surface area (Å²) in [6, 6.07) is 12.0. The van der Waals surface area contributed by atoms with Crippen molar-refractivity contribution in [1.82, 2.24) is 14.3 Å². The second-order valence-electron chi connectivity index (χ2n) is 9.16. The third kappa shape index (κ3) is 6.00. The van der Waals surface area contributed by atoms with Crippen molar-refractivity contribution in [3.05, 3.63) is 81.6 Å². The minimum Gasteiger partial charge on any atom is -0.317 e. The number of aromatic nitrogens is 3. The van der Waals surface area contributed by atoms with Crippen LogP contribution in [0.2, 0.25) is 0 Å². The van der Waals surface area contributed by atoms with Crippen molar-refractivity contribution in [3.63, 3.8) is 0 Å². The third-order valence-electron chi connectivity index (χ3n) is 6.31. The summed E-state index contributed by atoms with van der Waals surface area (Å²) >= 11 is 3.19. The second-order valence-corrected chi connectivity index (χ2v) is 10.1. The number of amides is 1. The van der Waals surface area contributed by atoms with Crippen LogP contribution >= 0.6 is 15.9 Å². The summed E-state index contributed by atoms with van der Waals surface area (Å²) in [4.78, 5) is 37.5. The lowest BCUT2D eigenvalue weighted by molar-refractivity contribution is -0.167. The molecule has 0 fully saturated rings. The summed E-state index contributed by atoms with van der Waals surface area (Å²) in [6.45, 7) is 2.18. The van der Waals surface area contributed by atoms with Crippen molar-refractivity contribution in [2.24, 2.45) is 0 Å². The molecule has 0 unspecified atom stereocenters. The minimum absolute atomic E-state index is 0.141. The fourth-order valence-electron chi connectivity index (χ4n) is 4.52. The number of alkyl halides is 9. The van der Waals surface area contributed by atoms with E-state index in [1.165, 1.54) is 47.8 Å². The number of nitrogens with zero attached hydrogens (tertiary/aromatic N) is 3. The Hall–Kier alpha value is -4.41. The molecule has 1 amide bonds. The van der Waals surface area contributed by atoms with Gasteiger partial charge in [-0.15, -0.1) is 0 Å². The van der Waals surface area contributed by atoms with Gasteiger partial charge in [-0.2, -0.15) is 44.6 Å². The highest BCUT2D eigenvalue weighted by molar-refractivity contribution is 9.10. The van der Waals surface area contributed by atoms with Gasteiger partial charge in [-0.05, 0) is 50.2 Å². The quantitative estimate of drug-likeness (QED) is 0.166. The van der Waals surface area contributed by atoms with Crippen LogP contribution in [0.3, 0.4) is 0 Å². The van der Waals surface area contributed by atoms with Crippen LogP contribution in [0.1, 0.15) is 32.1 Å². The Kier molecular flexibility index (Phi) is 8.32. The van der Waals surface area contributed by atoms with Crippen LogP contribution in [0, 0.1) is 13.8 Å². The lowest BCUT2D eigenvalue weighted by atomic mass is 9.97. The highest BCUT2D eigenvalue weighted by Gasteiger charge is 2.49. The number of carbonyl (C=O) groups excluding carboxylic acids is 3. The highest BCUT2D eigenvalue weighted by Crippen LogP contribution is 2.43. The number of ketones is 2. The summed E-state index contributed by atoms with van der Waals surface area (Å²) < 4.78 is 125. The molecule has 4 rings (SSSR count). The number of hydrogen-bond donors (Lipinski definition) is 1. The molecule has 0 aliphatic heterocycles. The molecule has 0 aliphatic rings. The SMILES string of the molecule is Cc1c(C(=O)C(F)(F)F)c(-c2nn(-c3ccccc3)c(NC(=O)C(F)(F)F)c2C(=O)C(F)(F)F)c(C)n1-c1ccc(Br)cc1. The zero-order valence-corrected chi connectivity index (χ0v) is 23.6. The first kappa shape index (κ1) is 32.5. The van der Waals surface area contributed by atoms with Gasteiger partial charge in [0.05, 0.1) is 16.8 Å². The number of hydrogen-bond acceptors (Lipinski definition) is 4. The zero-order chi connectivity index (χ0) is 32.9. The molecule has 0 saturated heterocycles. The summed E-state index contributed by atoms with van der Waals surface area (Å²) in [5.74, 6) is -9.60. The standard InChI is InChI=1S/C27H16BrF9N4O3/c1-12-17(18(21(42)25(29,30)31)13(2)40(12)15-10-8-14(28)9-11-15)20-19(22(43)26(32,33)34)23(38-24(44)27(35,36)37)41(39-20)16-6-4-3-5-7-16/h3-11H,1-2H3,(H,38,44). The lowest BCUT2D eigenvalue weighted by Crippen LogP contribution is -2.32. The fourth-order valence-corrected chi connectivity index (χ4v) is 4.79. The molecule has 44 heavy (non-hydrogen) atoms. The molecule has 17 heteroatoms. The maximum Gasteiger partial charge on any atom is 0.471 e. The Morgan fingerprint density at radius 1 is 0.705 bits per heavy atom. The van der Waals surface area contributed by atoms with Crippen LogP contribution < -0.4 is 5.32 Å². The minimum atomic E-state index is -5.82. The molecule has 0 spiro atoms. The van der Waals surface area contributed by atoms with E-state index >= 15 is 0 Å². The van der Waals surface area contributed by atoms with E-state index in [1.54, 1.807) is 0 Å². The first-order chi connectivity index (χ1) is 20.2. The van der Waals surface area contributed by atoms with E-state index in [9.17, 15) is 53.9 Å². The topological polar surface area (TPSA) is 86.0 Å². The number of anilines is 1. The van der Waals surface area contributed by atoms with Crippen LogP contribution in [0.4, 0.5) is 45.3 Å². The Morgan fingerprint density at radius 2 is 1.23 bits per heavy atom. The Morgan fingerprint density at radius 3 is 1.73 bits per heavy atom. The average Bonchev–Trinajstić information content (AvgIpc) is 3.40. The molecule has 0 bridgehead atoms. The number of nitrogens with one attached hydrogen (secondary N) is 1. The molecule has 2 aromatic heterocycles. The molecule has 4 aromatic rings. The number of benzene rings is 2. The monoisotopic (exact) mass is 694 g/mol. The van der Waals surface area contributed by atoms with Crippen molar-refractivity contribution < 1.29 is 53.9 Å². The largest absolute Gasteiger partial charge is 0.471 e. The van der Waals surface area contributed by atoms with Crippen molar-refractivity contribution in [2.75, 3.05) is 5.32 Å². The molecular formula is C27H16BrF9N4O3. The number of rotatable bonds is 6. The van der Waals surface area contributed by atoms with Crippen molar-refractivity contribution >= 4 is 39.2 Å². The average molecular weight is 695 g/mol. The molecular weight excluding hydrogens is 679 g/mol. The first-order valence-electron chi connectivity index (χ1n) is 12.0. The van der Waals surface area contributed by atoms with Gasteiger partial charge in [0.25, 0.3) is 11.6 Å². The predicted molar refractivity (Wildman–Crippen MR) is 141 cm³/mol. The van der Waals surface area contributed by atoms with Gasteiger partial charge in [-0.1, -0.05) is 34.1 Å². The summed E-state index contributed by atoms with van der Waals surface area (Å²) in [5.41, 5.74) is -5.95. The first-order valence-corrected chi connectivity index (χ1v) is 12.8. The van der Waals surface area contributed by atoms with Gasteiger partial charge in [0.2, 0.25) is 0 Å². The molecule has 2 heterocycles. The smallest absolute Gasteiger partial charge is 0.317 e. The normalized spacial score (nSPS) is 12.4. The van der Waals surface area contributed by atoms with E-state index in [-0.39, 0.29) is 17.1 Å². The Balaban J connectivity index is 2.21. The van der Waals surface area contributed by atoms with E-state index in [4.69, 9.17) is 0 Å². The molecule has 0 saturated carbocycles. The molecule has 0 atom stereocenters. The molecule has 232 valence electrons. The van der Waals surface area contributed by atoms with Gasteiger partial charge in [0.1, 0.15) is 11.5 Å². The maximum atomic E-state index is 14.0. The van der Waals surface area contributed by atoms with E-state index < -0.39 is 69.9 Å². The third-order valence-corrected chi connectivity index (χ3v) is 6.84. The molecule has 2 aromatic carbocycles. The summed E-state index contributed by atoms with van der Waals surface area (Å²) in [6.07, 6.45) is -17.1. The van der Waals surface area contributed by atoms with Gasteiger partial charge in [0.15, 0.2) is 0 Å². The van der Waals surface area contributed by atoms with Gasteiger partial charge in [-0.25, -0.2) is 4.68 Å². The summed E-state index contributed by atoms with van der Waals surface area (Å²) in [5, 5.41) is 5.06. The van der Waals surface area contributed by atoms with Crippen LogP contribution in [0.25, 0.3) is 22.6 Å². The van der Waals surface area contributed by atoms with E-state index in [2.05, 4.69) is 21.0 Å². The number of carbonyl (C=O) groups is 3. The number of para-hydroxylation sites is 1. The van der Waals surface area contributed by atoms with E-state index in [0.717, 1.165) is 30.5 Å². The number of Topliss-reactive ketones (excluding diaryl/α,β-unsaturated/α-hetero) is 2. The lowest BCUT2D eigenvalue weighted by Gasteiger charge is -2.13. The molecule has 0 radical (unpaired) electrons. The second kappa shape index (κ2) is 11.3. The summed E-state index contributed by atoms with van der Waals surface area (Å²) in [7, 11) is 0. The van der Waals surface area contributed by atoms with Crippen molar-refractivity contribution in [3.8, 4) is 22.6 Å². The van der Waals surface area contributed by atoms with Gasteiger partial charge >= 0.3 is 24.4 Å². The predicted octanol–water partition coefficient (Wildman–Crippen LogP) is 7.70. The van der Waals surface area contributed by atoms with Crippen molar-refractivity contribution in [1.29, 1.82) is 0 Å². The molecule has 1 N–H and O–H groups in total. The zero-order valence-electron chi connectivity index (χ0n) is 22.0. The van der Waals surface area contributed by atoms with Crippen LogP contribution in [0.15, 0.2) is 59.1 Å². The number of halogens is 10. The molecule has 0 aliphatic carbocycles.